The van der Waals surface area contributed by atoms with Gasteiger partial charge in [-0.3, -0.25) is 9.69 Å². The van der Waals surface area contributed by atoms with Crippen LogP contribution in [0, 0.1) is 5.92 Å². The summed E-state index contributed by atoms with van der Waals surface area (Å²) in [7, 11) is 0. The molecule has 1 unspecified atom stereocenters. The Morgan fingerprint density at radius 1 is 1.50 bits per heavy atom. The monoisotopic (exact) mass is 339 g/mol. The molecule has 5 heteroatoms. The van der Waals surface area contributed by atoms with Crippen LogP contribution in [0.15, 0.2) is 16.6 Å². The van der Waals surface area contributed by atoms with Crippen LogP contribution >= 0.6 is 15.9 Å². The summed E-state index contributed by atoms with van der Waals surface area (Å²) >= 11 is 3.56. The van der Waals surface area contributed by atoms with Crippen molar-refractivity contribution in [2.45, 2.75) is 25.8 Å². The molecule has 0 aromatic heterocycles. The summed E-state index contributed by atoms with van der Waals surface area (Å²) in [6, 6.07) is 4.25. The van der Waals surface area contributed by atoms with E-state index in [0.717, 1.165) is 49.3 Å². The summed E-state index contributed by atoms with van der Waals surface area (Å²) in [5, 5.41) is 8.87. The number of carbonyl (C=O) groups is 1. The molecule has 1 N–H and O–H groups in total. The van der Waals surface area contributed by atoms with Gasteiger partial charge in [-0.2, -0.15) is 0 Å². The second-order valence-electron chi connectivity index (χ2n) is 5.64. The zero-order chi connectivity index (χ0) is 14.1. The van der Waals surface area contributed by atoms with E-state index in [-0.39, 0.29) is 12.3 Å². The molecule has 0 bridgehead atoms. The molecule has 1 aromatic carbocycles. The molecular weight excluding hydrogens is 322 g/mol. The van der Waals surface area contributed by atoms with Crippen molar-refractivity contribution in [3.8, 4) is 5.75 Å². The summed E-state index contributed by atoms with van der Waals surface area (Å²) in [6.07, 6.45) is 2.23. The van der Waals surface area contributed by atoms with Gasteiger partial charge >= 0.3 is 5.97 Å². The summed E-state index contributed by atoms with van der Waals surface area (Å²) < 4.78 is 6.84. The molecule has 2 heterocycles. The Kier molecular flexibility index (Phi) is 3.98. The fraction of sp³-hybridized carbons (Fsp3) is 0.533. The number of aliphatic carboxylic acids is 1. The van der Waals surface area contributed by atoms with E-state index in [9.17, 15) is 4.79 Å². The van der Waals surface area contributed by atoms with Gasteiger partial charge in [-0.15, -0.1) is 0 Å². The average Bonchev–Trinajstić information content (AvgIpc) is 2.97. The Bertz CT molecular complexity index is 532. The highest BCUT2D eigenvalue weighted by Crippen LogP contribution is 2.34. The smallest absolute Gasteiger partial charge is 0.303 e. The van der Waals surface area contributed by atoms with Crippen LogP contribution in [-0.4, -0.2) is 35.7 Å². The lowest BCUT2D eigenvalue weighted by molar-refractivity contribution is -0.138. The van der Waals surface area contributed by atoms with Gasteiger partial charge in [0.15, 0.2) is 0 Å². The number of nitrogens with zero attached hydrogens (tertiary/aromatic N) is 1. The average molecular weight is 340 g/mol. The first kappa shape index (κ1) is 13.9. The number of rotatable bonds is 4. The van der Waals surface area contributed by atoms with Crippen molar-refractivity contribution in [1.29, 1.82) is 0 Å². The van der Waals surface area contributed by atoms with Crippen LogP contribution in [-0.2, 0) is 17.8 Å². The molecule has 1 saturated heterocycles. The number of hydrogen-bond acceptors (Lipinski definition) is 3. The van der Waals surface area contributed by atoms with E-state index < -0.39 is 5.97 Å². The van der Waals surface area contributed by atoms with Crippen molar-refractivity contribution in [2.24, 2.45) is 5.92 Å². The second kappa shape index (κ2) is 5.74. The van der Waals surface area contributed by atoms with Crippen LogP contribution in [0.1, 0.15) is 24.0 Å². The second-order valence-corrected chi connectivity index (χ2v) is 6.55. The predicted molar refractivity (Wildman–Crippen MR) is 79.0 cm³/mol. The number of carboxylic acid groups (broad SMARTS) is 1. The van der Waals surface area contributed by atoms with Crippen molar-refractivity contribution in [3.63, 3.8) is 0 Å². The van der Waals surface area contributed by atoms with Gasteiger partial charge in [-0.1, -0.05) is 15.9 Å². The third kappa shape index (κ3) is 2.99. The SMILES string of the molecule is O=C(O)CC1CCN(Cc2cc(Br)cc3c2OCC3)C1. The molecule has 4 nitrogen and oxygen atoms in total. The van der Waals surface area contributed by atoms with Crippen LogP contribution in [0.3, 0.4) is 0 Å². The molecule has 0 amide bonds. The maximum absolute atomic E-state index is 10.8. The lowest BCUT2D eigenvalue weighted by Gasteiger charge is -2.18. The van der Waals surface area contributed by atoms with Crippen molar-refractivity contribution in [3.05, 3.63) is 27.7 Å². The minimum Gasteiger partial charge on any atom is -0.493 e. The number of fused-ring (bicyclic) bond motifs is 1. The Morgan fingerprint density at radius 2 is 2.35 bits per heavy atom. The summed E-state index contributed by atoms with van der Waals surface area (Å²) in [4.78, 5) is 13.1. The minimum atomic E-state index is -0.691. The number of hydrogen-bond donors (Lipinski definition) is 1. The van der Waals surface area contributed by atoms with Crippen LogP contribution < -0.4 is 4.74 Å². The molecular formula is C15H18BrNO3. The van der Waals surface area contributed by atoms with Crippen LogP contribution in [0.4, 0.5) is 0 Å². The Balaban J connectivity index is 1.69. The minimum absolute atomic E-state index is 0.281. The zero-order valence-electron chi connectivity index (χ0n) is 11.3. The van der Waals surface area contributed by atoms with Gasteiger partial charge in [0.1, 0.15) is 5.75 Å². The summed E-state index contributed by atoms with van der Waals surface area (Å²) in [5.74, 6) is 0.632. The van der Waals surface area contributed by atoms with Crippen LogP contribution in [0.2, 0.25) is 0 Å². The highest BCUT2D eigenvalue weighted by molar-refractivity contribution is 9.10. The predicted octanol–water partition coefficient (Wildman–Crippen LogP) is 2.68. The highest BCUT2D eigenvalue weighted by atomic mass is 79.9. The number of benzene rings is 1. The number of halogens is 1. The van der Waals surface area contributed by atoms with Gasteiger partial charge in [-0.25, -0.2) is 0 Å². The standard InChI is InChI=1S/C15H18BrNO3/c16-13-6-11-2-4-20-15(11)12(7-13)9-17-3-1-10(8-17)5-14(18)19/h6-7,10H,1-5,8-9H2,(H,18,19). The Morgan fingerprint density at radius 3 is 3.15 bits per heavy atom. The summed E-state index contributed by atoms with van der Waals surface area (Å²) in [5.41, 5.74) is 2.48. The topological polar surface area (TPSA) is 49.8 Å². The Labute approximate surface area is 126 Å². The molecule has 108 valence electrons. The lowest BCUT2D eigenvalue weighted by atomic mass is 10.1. The van der Waals surface area contributed by atoms with E-state index in [4.69, 9.17) is 9.84 Å². The number of likely N-dealkylation sites (tertiary alicyclic amines) is 1. The molecule has 1 aromatic rings. The van der Waals surface area contributed by atoms with E-state index in [1.54, 1.807) is 0 Å². The van der Waals surface area contributed by atoms with Gasteiger partial charge in [0.05, 0.1) is 6.61 Å². The van der Waals surface area contributed by atoms with E-state index in [2.05, 4.69) is 33.0 Å². The van der Waals surface area contributed by atoms with Gasteiger partial charge in [-0.05, 0) is 36.6 Å². The van der Waals surface area contributed by atoms with E-state index >= 15 is 0 Å². The molecule has 1 fully saturated rings. The van der Waals surface area contributed by atoms with Crippen molar-refractivity contribution < 1.29 is 14.6 Å². The molecule has 2 aliphatic heterocycles. The van der Waals surface area contributed by atoms with Crippen LogP contribution in [0.5, 0.6) is 5.75 Å². The van der Waals surface area contributed by atoms with Crippen molar-refractivity contribution in [2.75, 3.05) is 19.7 Å². The van der Waals surface area contributed by atoms with E-state index in [1.807, 2.05) is 0 Å². The van der Waals surface area contributed by atoms with Crippen LogP contribution in [0.25, 0.3) is 0 Å². The largest absolute Gasteiger partial charge is 0.493 e. The Hall–Kier alpha value is -1.07. The molecule has 2 aliphatic rings. The highest BCUT2D eigenvalue weighted by Gasteiger charge is 2.26. The third-order valence-electron chi connectivity index (χ3n) is 4.05. The van der Waals surface area contributed by atoms with E-state index in [0.29, 0.717) is 0 Å². The van der Waals surface area contributed by atoms with Gasteiger partial charge < -0.3 is 9.84 Å². The lowest BCUT2D eigenvalue weighted by Crippen LogP contribution is -2.21. The third-order valence-corrected chi connectivity index (χ3v) is 4.51. The molecule has 0 saturated carbocycles. The van der Waals surface area contributed by atoms with E-state index in [1.165, 1.54) is 11.1 Å². The first-order chi connectivity index (χ1) is 9.61. The van der Waals surface area contributed by atoms with Gasteiger partial charge in [0.2, 0.25) is 0 Å². The zero-order valence-corrected chi connectivity index (χ0v) is 12.9. The maximum Gasteiger partial charge on any atom is 0.303 e. The maximum atomic E-state index is 10.8. The fourth-order valence-electron chi connectivity index (χ4n) is 3.17. The quantitative estimate of drug-likeness (QED) is 0.916. The molecule has 3 rings (SSSR count). The van der Waals surface area contributed by atoms with Gasteiger partial charge in [0.25, 0.3) is 0 Å². The fourth-order valence-corrected chi connectivity index (χ4v) is 3.73. The van der Waals surface area contributed by atoms with Crippen molar-refractivity contribution in [1.82, 2.24) is 4.90 Å². The number of carboxylic acids is 1. The molecule has 0 spiro atoms. The first-order valence-electron chi connectivity index (χ1n) is 7.00. The molecule has 0 radical (unpaired) electrons. The first-order valence-corrected chi connectivity index (χ1v) is 7.79. The number of ether oxygens (including phenoxy) is 1. The normalized spacial score (nSPS) is 21.8. The summed E-state index contributed by atoms with van der Waals surface area (Å²) in [6.45, 7) is 3.45. The van der Waals surface area contributed by atoms with Crippen molar-refractivity contribution >= 4 is 21.9 Å². The van der Waals surface area contributed by atoms with Gasteiger partial charge in [0, 0.05) is 36.0 Å². The molecule has 0 aliphatic carbocycles. The molecule has 20 heavy (non-hydrogen) atoms. The molecule has 1 atom stereocenters.